The molecular formula is C16H21N5O2. The van der Waals surface area contributed by atoms with Gasteiger partial charge in [0.05, 0.1) is 7.11 Å². The highest BCUT2D eigenvalue weighted by Crippen LogP contribution is 2.20. The molecule has 2 N–H and O–H groups in total. The third-order valence-corrected chi connectivity index (χ3v) is 3.35. The van der Waals surface area contributed by atoms with Crippen LogP contribution in [-0.2, 0) is 4.74 Å². The third-order valence-electron chi connectivity index (χ3n) is 3.35. The first kappa shape index (κ1) is 16.5. The van der Waals surface area contributed by atoms with Crippen LogP contribution in [0, 0.1) is 0 Å². The molecule has 1 aromatic heterocycles. The van der Waals surface area contributed by atoms with Gasteiger partial charge in [-0.05, 0) is 50.2 Å². The molecule has 0 saturated heterocycles. The summed E-state index contributed by atoms with van der Waals surface area (Å²) in [5.41, 5.74) is 2.10. The normalized spacial score (nSPS) is 10.0. The summed E-state index contributed by atoms with van der Waals surface area (Å²) in [6, 6.07) is 11.5. The molecule has 0 aliphatic carbocycles. The zero-order chi connectivity index (χ0) is 16.7. The number of hydrogen-bond acceptors (Lipinski definition) is 6. The number of benzene rings is 1. The fourth-order valence-corrected chi connectivity index (χ4v) is 2.11. The van der Waals surface area contributed by atoms with Gasteiger partial charge < -0.3 is 15.0 Å². The van der Waals surface area contributed by atoms with Crippen molar-refractivity contribution in [3.63, 3.8) is 0 Å². The lowest BCUT2D eigenvalue weighted by atomic mass is 10.2. The molecule has 0 unspecified atom stereocenters. The second-order valence-electron chi connectivity index (χ2n) is 4.76. The molecule has 1 amide bonds. The van der Waals surface area contributed by atoms with Gasteiger partial charge in [-0.25, -0.2) is 4.79 Å². The average Bonchev–Trinajstić information content (AvgIpc) is 2.59. The number of hydrogen-bond donors (Lipinski definition) is 2. The molecule has 1 heterocycles. The Hall–Kier alpha value is -2.83. The van der Waals surface area contributed by atoms with E-state index in [-0.39, 0.29) is 0 Å². The van der Waals surface area contributed by atoms with Crippen LogP contribution in [-0.4, -0.2) is 36.5 Å². The van der Waals surface area contributed by atoms with Crippen molar-refractivity contribution in [1.29, 1.82) is 0 Å². The Kier molecular flexibility index (Phi) is 5.74. The summed E-state index contributed by atoms with van der Waals surface area (Å²) in [4.78, 5) is 13.3. The van der Waals surface area contributed by atoms with Gasteiger partial charge in [-0.15, -0.1) is 10.2 Å². The molecule has 0 aliphatic heterocycles. The number of rotatable bonds is 6. The van der Waals surface area contributed by atoms with E-state index in [1.165, 1.54) is 12.8 Å². The van der Waals surface area contributed by atoms with Crippen molar-refractivity contribution in [2.24, 2.45) is 0 Å². The van der Waals surface area contributed by atoms with E-state index in [1.54, 1.807) is 12.1 Å². The summed E-state index contributed by atoms with van der Waals surface area (Å²) >= 11 is 0. The summed E-state index contributed by atoms with van der Waals surface area (Å²) in [7, 11) is 1.29. The molecule has 0 saturated carbocycles. The van der Waals surface area contributed by atoms with Crippen molar-refractivity contribution in [3.05, 3.63) is 36.4 Å². The fourth-order valence-electron chi connectivity index (χ4n) is 2.11. The number of aromatic nitrogens is 2. The second kappa shape index (κ2) is 7.98. The van der Waals surface area contributed by atoms with Crippen LogP contribution < -0.4 is 15.5 Å². The molecule has 23 heavy (non-hydrogen) atoms. The standard InChI is InChI=1S/C16H21N5O2/c1-4-21(5-2)13-8-6-12(7-9-13)17-14-10-11-15(20-19-14)18-16(22)23-3/h6-11H,4-5H2,1-3H3,(H,17,19)(H,18,20,22). The smallest absolute Gasteiger partial charge is 0.412 e. The molecule has 0 atom stereocenters. The zero-order valence-corrected chi connectivity index (χ0v) is 13.5. The van der Waals surface area contributed by atoms with Gasteiger partial charge in [0.2, 0.25) is 0 Å². The highest BCUT2D eigenvalue weighted by molar-refractivity contribution is 5.83. The highest BCUT2D eigenvalue weighted by Gasteiger charge is 2.04. The van der Waals surface area contributed by atoms with Crippen molar-refractivity contribution < 1.29 is 9.53 Å². The Morgan fingerprint density at radius 1 is 1.04 bits per heavy atom. The first-order chi connectivity index (χ1) is 11.2. The van der Waals surface area contributed by atoms with Crippen LogP contribution in [0.4, 0.5) is 27.8 Å². The van der Waals surface area contributed by atoms with E-state index in [1.807, 2.05) is 12.1 Å². The van der Waals surface area contributed by atoms with E-state index >= 15 is 0 Å². The predicted octanol–water partition coefficient (Wildman–Crippen LogP) is 3.24. The molecule has 0 fully saturated rings. The van der Waals surface area contributed by atoms with Crippen molar-refractivity contribution in [2.75, 3.05) is 35.7 Å². The topological polar surface area (TPSA) is 79.4 Å². The monoisotopic (exact) mass is 315 g/mol. The van der Waals surface area contributed by atoms with Gasteiger partial charge in [-0.2, -0.15) is 0 Å². The van der Waals surface area contributed by atoms with E-state index in [9.17, 15) is 4.79 Å². The van der Waals surface area contributed by atoms with Crippen molar-refractivity contribution in [2.45, 2.75) is 13.8 Å². The van der Waals surface area contributed by atoms with Crippen molar-refractivity contribution >= 4 is 29.1 Å². The summed E-state index contributed by atoms with van der Waals surface area (Å²) < 4.78 is 4.49. The van der Waals surface area contributed by atoms with E-state index in [2.05, 4.69) is 56.4 Å². The summed E-state index contributed by atoms with van der Waals surface area (Å²) in [5, 5.41) is 13.5. The second-order valence-corrected chi connectivity index (χ2v) is 4.76. The number of amides is 1. The number of carbonyl (C=O) groups is 1. The molecule has 0 aliphatic rings. The maximum atomic E-state index is 11.1. The van der Waals surface area contributed by atoms with Crippen LogP contribution in [0.2, 0.25) is 0 Å². The third kappa shape index (κ3) is 4.57. The average molecular weight is 315 g/mol. The Balaban J connectivity index is 2.00. The lowest BCUT2D eigenvalue weighted by Gasteiger charge is -2.21. The minimum Gasteiger partial charge on any atom is -0.453 e. The lowest BCUT2D eigenvalue weighted by molar-refractivity contribution is 0.187. The number of anilines is 4. The molecule has 7 nitrogen and oxygen atoms in total. The lowest BCUT2D eigenvalue weighted by Crippen LogP contribution is -2.21. The molecule has 0 bridgehead atoms. The number of nitrogens with one attached hydrogen (secondary N) is 2. The first-order valence-electron chi connectivity index (χ1n) is 7.47. The SMILES string of the molecule is CCN(CC)c1ccc(Nc2ccc(NC(=O)OC)nn2)cc1. The van der Waals surface area contributed by atoms with Gasteiger partial charge in [0.1, 0.15) is 0 Å². The van der Waals surface area contributed by atoms with Crippen molar-refractivity contribution in [3.8, 4) is 0 Å². The summed E-state index contributed by atoms with van der Waals surface area (Å²) in [6.45, 7) is 6.22. The van der Waals surface area contributed by atoms with Gasteiger partial charge in [0.25, 0.3) is 0 Å². The molecule has 7 heteroatoms. The van der Waals surface area contributed by atoms with Crippen LogP contribution >= 0.6 is 0 Å². The Morgan fingerprint density at radius 2 is 1.65 bits per heavy atom. The van der Waals surface area contributed by atoms with Crippen molar-refractivity contribution in [1.82, 2.24) is 10.2 Å². The van der Waals surface area contributed by atoms with Gasteiger partial charge >= 0.3 is 6.09 Å². The Bertz CT molecular complexity index is 624. The molecule has 1 aromatic carbocycles. The number of ether oxygens (including phenoxy) is 1. The zero-order valence-electron chi connectivity index (χ0n) is 13.5. The maximum absolute atomic E-state index is 11.1. The van der Waals surface area contributed by atoms with E-state index in [0.29, 0.717) is 11.6 Å². The minimum absolute atomic E-state index is 0.333. The molecule has 2 rings (SSSR count). The van der Waals surface area contributed by atoms with Gasteiger partial charge in [-0.3, -0.25) is 5.32 Å². The largest absolute Gasteiger partial charge is 0.453 e. The molecule has 0 radical (unpaired) electrons. The fraction of sp³-hybridized carbons (Fsp3) is 0.312. The van der Waals surface area contributed by atoms with Crippen LogP contribution in [0.5, 0.6) is 0 Å². The summed E-state index contributed by atoms with van der Waals surface area (Å²) in [5.74, 6) is 0.926. The highest BCUT2D eigenvalue weighted by atomic mass is 16.5. The molecule has 122 valence electrons. The number of methoxy groups -OCH3 is 1. The Morgan fingerprint density at radius 3 is 2.17 bits per heavy atom. The molecular weight excluding hydrogens is 294 g/mol. The van der Waals surface area contributed by atoms with Gasteiger partial charge in [0, 0.05) is 24.5 Å². The van der Waals surface area contributed by atoms with Crippen LogP contribution in [0.1, 0.15) is 13.8 Å². The van der Waals surface area contributed by atoms with Gasteiger partial charge in [0.15, 0.2) is 11.6 Å². The predicted molar refractivity (Wildman–Crippen MR) is 91.3 cm³/mol. The Labute approximate surface area is 135 Å². The molecule has 2 aromatic rings. The van der Waals surface area contributed by atoms with E-state index in [4.69, 9.17) is 0 Å². The van der Waals surface area contributed by atoms with E-state index < -0.39 is 6.09 Å². The number of carbonyl (C=O) groups excluding carboxylic acids is 1. The maximum Gasteiger partial charge on any atom is 0.412 e. The molecule has 0 spiro atoms. The van der Waals surface area contributed by atoms with Crippen LogP contribution in [0.3, 0.4) is 0 Å². The summed E-state index contributed by atoms with van der Waals surface area (Å²) in [6.07, 6.45) is -0.577. The van der Waals surface area contributed by atoms with Gasteiger partial charge in [-0.1, -0.05) is 0 Å². The van der Waals surface area contributed by atoms with Crippen LogP contribution in [0.25, 0.3) is 0 Å². The quantitative estimate of drug-likeness (QED) is 0.852. The first-order valence-corrected chi connectivity index (χ1v) is 7.47. The minimum atomic E-state index is -0.577. The van der Waals surface area contributed by atoms with Crippen LogP contribution in [0.15, 0.2) is 36.4 Å². The number of nitrogens with zero attached hydrogens (tertiary/aromatic N) is 3. The van der Waals surface area contributed by atoms with E-state index in [0.717, 1.165) is 18.8 Å².